The Hall–Kier alpha value is -2.01. The molecule has 0 spiro atoms. The van der Waals surface area contributed by atoms with Crippen molar-refractivity contribution < 1.29 is 14.3 Å². The molecule has 4 nitrogen and oxygen atoms in total. The summed E-state index contributed by atoms with van der Waals surface area (Å²) in [4.78, 5) is 12.2. The summed E-state index contributed by atoms with van der Waals surface area (Å²) in [6.45, 7) is 5.53. The molecule has 128 valence electrons. The maximum atomic E-state index is 12.2. The van der Waals surface area contributed by atoms with Gasteiger partial charge in [0.15, 0.2) is 0 Å². The van der Waals surface area contributed by atoms with Gasteiger partial charge in [0.2, 0.25) is 0 Å². The molecule has 1 N–H and O–H groups in total. The van der Waals surface area contributed by atoms with Gasteiger partial charge in [-0.15, -0.1) is 0 Å². The number of methoxy groups -OCH3 is 1. The quantitative estimate of drug-likeness (QED) is 0.790. The highest BCUT2D eigenvalue weighted by Gasteiger charge is 2.21. The van der Waals surface area contributed by atoms with Crippen molar-refractivity contribution in [2.24, 2.45) is 0 Å². The molecule has 0 fully saturated rings. The van der Waals surface area contributed by atoms with Crippen LogP contribution in [-0.2, 0) is 4.74 Å². The van der Waals surface area contributed by atoms with Gasteiger partial charge in [0, 0.05) is 4.47 Å². The maximum absolute atomic E-state index is 12.2. The molecule has 0 aliphatic carbocycles. The van der Waals surface area contributed by atoms with Gasteiger partial charge in [0.1, 0.15) is 11.4 Å². The highest BCUT2D eigenvalue weighted by molar-refractivity contribution is 9.10. The third-order valence-corrected chi connectivity index (χ3v) is 3.84. The summed E-state index contributed by atoms with van der Waals surface area (Å²) in [6.07, 6.45) is -0.453. The van der Waals surface area contributed by atoms with Crippen LogP contribution in [0.1, 0.15) is 37.9 Å². The topological polar surface area (TPSA) is 47.6 Å². The molecule has 0 heterocycles. The molecule has 2 rings (SSSR count). The number of carbonyl (C=O) groups is 1. The average molecular weight is 392 g/mol. The molecule has 0 aliphatic heterocycles. The lowest BCUT2D eigenvalue weighted by Gasteiger charge is -2.24. The molecule has 5 heteroatoms. The first-order valence-corrected chi connectivity index (χ1v) is 8.47. The van der Waals surface area contributed by atoms with Crippen LogP contribution in [0.4, 0.5) is 4.79 Å². The van der Waals surface area contributed by atoms with Gasteiger partial charge >= 0.3 is 6.09 Å². The number of halogens is 1. The van der Waals surface area contributed by atoms with Gasteiger partial charge in [-0.1, -0.05) is 40.2 Å². The summed E-state index contributed by atoms with van der Waals surface area (Å²) >= 11 is 3.43. The molecule has 2 aromatic rings. The van der Waals surface area contributed by atoms with Crippen molar-refractivity contribution in [3.8, 4) is 5.75 Å². The molecular formula is C19H22BrNO3. The predicted molar refractivity (Wildman–Crippen MR) is 98.3 cm³/mol. The zero-order chi connectivity index (χ0) is 17.7. The molecule has 0 bridgehead atoms. The van der Waals surface area contributed by atoms with E-state index in [0.29, 0.717) is 0 Å². The van der Waals surface area contributed by atoms with Crippen LogP contribution in [0.2, 0.25) is 0 Å². The highest BCUT2D eigenvalue weighted by atomic mass is 79.9. The minimum absolute atomic E-state index is 0.307. The standard InChI is InChI=1S/C19H22BrNO3/c1-19(2,3)24-18(22)21-17(13-5-9-15(20)10-6-13)14-7-11-16(23-4)12-8-14/h5-12,17H,1-4H3,(H,21,22). The Morgan fingerprint density at radius 2 is 1.50 bits per heavy atom. The molecular weight excluding hydrogens is 370 g/mol. The first kappa shape index (κ1) is 18.3. The van der Waals surface area contributed by atoms with Crippen LogP contribution in [0.25, 0.3) is 0 Å². The lowest BCUT2D eigenvalue weighted by atomic mass is 9.99. The van der Waals surface area contributed by atoms with Crippen molar-refractivity contribution in [1.29, 1.82) is 0 Å². The van der Waals surface area contributed by atoms with Crippen molar-refractivity contribution in [2.75, 3.05) is 7.11 Å². The van der Waals surface area contributed by atoms with E-state index in [1.165, 1.54) is 0 Å². The van der Waals surface area contributed by atoms with Crippen LogP contribution in [-0.4, -0.2) is 18.8 Å². The third kappa shape index (κ3) is 5.27. The van der Waals surface area contributed by atoms with E-state index in [4.69, 9.17) is 9.47 Å². The molecule has 24 heavy (non-hydrogen) atoms. The van der Waals surface area contributed by atoms with E-state index < -0.39 is 11.7 Å². The Balaban J connectivity index is 2.30. The van der Waals surface area contributed by atoms with Crippen LogP contribution in [0.5, 0.6) is 5.75 Å². The molecule has 2 aromatic carbocycles. The number of rotatable bonds is 4. The summed E-state index contributed by atoms with van der Waals surface area (Å²) in [5.74, 6) is 0.769. The second kappa shape index (κ2) is 7.71. The second-order valence-electron chi connectivity index (χ2n) is 6.40. The minimum Gasteiger partial charge on any atom is -0.497 e. The lowest BCUT2D eigenvalue weighted by Crippen LogP contribution is -2.35. The Labute approximate surface area is 151 Å². The number of carbonyl (C=O) groups excluding carboxylic acids is 1. The lowest BCUT2D eigenvalue weighted by molar-refractivity contribution is 0.0512. The van der Waals surface area contributed by atoms with Crippen LogP contribution in [0.15, 0.2) is 53.0 Å². The number of ether oxygens (including phenoxy) is 2. The fourth-order valence-electron chi connectivity index (χ4n) is 2.24. The predicted octanol–water partition coefficient (Wildman–Crippen LogP) is 5.07. The zero-order valence-electron chi connectivity index (χ0n) is 14.3. The molecule has 1 atom stereocenters. The first-order valence-electron chi connectivity index (χ1n) is 7.67. The molecule has 1 unspecified atom stereocenters. The normalized spacial score (nSPS) is 12.4. The molecule has 0 saturated carbocycles. The fraction of sp³-hybridized carbons (Fsp3) is 0.316. The molecule has 1 amide bonds. The summed E-state index contributed by atoms with van der Waals surface area (Å²) in [7, 11) is 1.63. The Morgan fingerprint density at radius 3 is 1.96 bits per heavy atom. The van der Waals surface area contributed by atoms with Gasteiger partial charge in [-0.2, -0.15) is 0 Å². The third-order valence-electron chi connectivity index (χ3n) is 3.31. The maximum Gasteiger partial charge on any atom is 0.408 e. The van der Waals surface area contributed by atoms with Gasteiger partial charge < -0.3 is 14.8 Å². The Kier molecular flexibility index (Phi) is 5.89. The number of alkyl carbamates (subject to hydrolysis) is 1. The van der Waals surface area contributed by atoms with Crippen LogP contribution >= 0.6 is 15.9 Å². The summed E-state index contributed by atoms with van der Waals surface area (Å²) < 4.78 is 11.6. The van der Waals surface area contributed by atoms with Crippen molar-refractivity contribution in [1.82, 2.24) is 5.32 Å². The van der Waals surface area contributed by atoms with Gasteiger partial charge in [0.25, 0.3) is 0 Å². The molecule has 0 saturated heterocycles. The Morgan fingerprint density at radius 1 is 1.00 bits per heavy atom. The van der Waals surface area contributed by atoms with E-state index in [2.05, 4.69) is 21.2 Å². The first-order chi connectivity index (χ1) is 11.3. The fourth-order valence-corrected chi connectivity index (χ4v) is 2.50. The summed E-state index contributed by atoms with van der Waals surface area (Å²) in [6, 6.07) is 15.1. The van der Waals surface area contributed by atoms with E-state index in [9.17, 15) is 4.79 Å². The van der Waals surface area contributed by atoms with Crippen molar-refractivity contribution >= 4 is 22.0 Å². The van der Waals surface area contributed by atoms with Crippen LogP contribution < -0.4 is 10.1 Å². The summed E-state index contributed by atoms with van der Waals surface area (Å²) in [5, 5.41) is 2.95. The SMILES string of the molecule is COc1ccc(C(NC(=O)OC(C)(C)C)c2ccc(Br)cc2)cc1. The van der Waals surface area contributed by atoms with Crippen LogP contribution in [0, 0.1) is 0 Å². The van der Waals surface area contributed by atoms with Crippen LogP contribution in [0.3, 0.4) is 0 Å². The van der Waals surface area contributed by atoms with Crippen molar-refractivity contribution in [2.45, 2.75) is 32.4 Å². The monoisotopic (exact) mass is 391 g/mol. The number of amides is 1. The average Bonchev–Trinajstić information content (AvgIpc) is 2.52. The molecule has 0 radical (unpaired) electrons. The number of hydrogen-bond acceptors (Lipinski definition) is 3. The van der Waals surface area contributed by atoms with E-state index in [-0.39, 0.29) is 6.04 Å². The number of nitrogens with one attached hydrogen (secondary N) is 1. The van der Waals surface area contributed by atoms with E-state index in [1.54, 1.807) is 7.11 Å². The number of benzene rings is 2. The van der Waals surface area contributed by atoms with E-state index in [1.807, 2.05) is 69.3 Å². The smallest absolute Gasteiger partial charge is 0.408 e. The van der Waals surface area contributed by atoms with Crippen molar-refractivity contribution in [3.63, 3.8) is 0 Å². The molecule has 0 aromatic heterocycles. The molecule has 0 aliphatic rings. The van der Waals surface area contributed by atoms with E-state index >= 15 is 0 Å². The van der Waals surface area contributed by atoms with Gasteiger partial charge in [-0.05, 0) is 56.2 Å². The van der Waals surface area contributed by atoms with Crippen molar-refractivity contribution in [3.05, 3.63) is 64.1 Å². The zero-order valence-corrected chi connectivity index (χ0v) is 15.9. The van der Waals surface area contributed by atoms with Gasteiger partial charge in [0.05, 0.1) is 13.2 Å². The second-order valence-corrected chi connectivity index (χ2v) is 7.32. The highest BCUT2D eigenvalue weighted by Crippen LogP contribution is 2.26. The van der Waals surface area contributed by atoms with Gasteiger partial charge in [-0.3, -0.25) is 0 Å². The largest absolute Gasteiger partial charge is 0.497 e. The summed E-state index contributed by atoms with van der Waals surface area (Å²) in [5.41, 5.74) is 1.37. The van der Waals surface area contributed by atoms with Gasteiger partial charge in [-0.25, -0.2) is 4.79 Å². The Bertz CT molecular complexity index is 675. The number of hydrogen-bond donors (Lipinski definition) is 1. The minimum atomic E-state index is -0.547. The van der Waals surface area contributed by atoms with E-state index in [0.717, 1.165) is 21.3 Å².